The van der Waals surface area contributed by atoms with Crippen molar-refractivity contribution in [2.75, 3.05) is 18.4 Å². The van der Waals surface area contributed by atoms with E-state index in [1.165, 1.54) is 12.8 Å². The van der Waals surface area contributed by atoms with Gasteiger partial charge < -0.3 is 24.3 Å². The highest BCUT2D eigenvalue weighted by Gasteiger charge is 2.28. The Kier molecular flexibility index (Phi) is 6.66. The summed E-state index contributed by atoms with van der Waals surface area (Å²) in [6, 6.07) is 6.05. The largest absolute Gasteiger partial charge is 0.473 e. The Labute approximate surface area is 226 Å². The highest BCUT2D eigenvalue weighted by atomic mass is 16.6. The van der Waals surface area contributed by atoms with Gasteiger partial charge in [-0.3, -0.25) is 4.98 Å². The van der Waals surface area contributed by atoms with Crippen LogP contribution in [0.2, 0.25) is 0 Å². The van der Waals surface area contributed by atoms with Crippen LogP contribution < -0.4 is 10.1 Å². The molecule has 1 saturated carbocycles. The monoisotopic (exact) mass is 530 g/mol. The van der Waals surface area contributed by atoms with Crippen LogP contribution in [0.4, 0.5) is 16.6 Å². The van der Waals surface area contributed by atoms with Crippen molar-refractivity contribution in [2.24, 2.45) is 0 Å². The van der Waals surface area contributed by atoms with Crippen molar-refractivity contribution in [1.29, 1.82) is 0 Å². The van der Waals surface area contributed by atoms with Crippen molar-refractivity contribution in [2.45, 2.75) is 77.0 Å². The summed E-state index contributed by atoms with van der Waals surface area (Å²) in [6.07, 6.45) is 11.5. The third-order valence-electron chi connectivity index (χ3n) is 7.30. The molecule has 4 aromatic heterocycles. The molecule has 0 spiro atoms. The van der Waals surface area contributed by atoms with E-state index < -0.39 is 5.60 Å². The Hall–Kier alpha value is -4.02. The molecule has 0 aromatic carbocycles. The standard InChI is InChI=1S/C28H34N8O3/c1-28(2,3)39-27(37)35-14-11-19(12-15-35)38-24-9-8-23(33-34-24)31-26-30-16-21-20-10-13-29-17-22(20)36(25(21)32-26)18-6-4-5-7-18/h8-10,13,16-19H,4-7,11-12,14-15H2,1-3H3,(H,30,31,32,33). The van der Waals surface area contributed by atoms with Crippen molar-refractivity contribution in [3.05, 3.63) is 36.8 Å². The molecule has 11 heteroatoms. The number of likely N-dealkylation sites (tertiary alicyclic amines) is 1. The van der Waals surface area contributed by atoms with Crippen molar-refractivity contribution in [3.63, 3.8) is 0 Å². The lowest BCUT2D eigenvalue weighted by atomic mass is 10.1. The Morgan fingerprint density at radius 3 is 2.51 bits per heavy atom. The molecule has 0 radical (unpaired) electrons. The molecule has 0 bridgehead atoms. The second kappa shape index (κ2) is 10.3. The molecule has 0 atom stereocenters. The molecule has 1 amide bonds. The van der Waals surface area contributed by atoms with E-state index in [0.29, 0.717) is 49.6 Å². The number of hydrogen-bond acceptors (Lipinski definition) is 9. The zero-order valence-electron chi connectivity index (χ0n) is 22.6. The third kappa shape index (κ3) is 5.43. The number of aromatic nitrogens is 6. The van der Waals surface area contributed by atoms with E-state index in [2.05, 4.69) is 30.0 Å². The van der Waals surface area contributed by atoms with E-state index in [1.807, 2.05) is 51.5 Å². The van der Waals surface area contributed by atoms with Crippen LogP contribution in [0.3, 0.4) is 0 Å². The summed E-state index contributed by atoms with van der Waals surface area (Å²) in [5.41, 5.74) is 1.51. The van der Waals surface area contributed by atoms with E-state index in [1.54, 1.807) is 11.0 Å². The number of carbonyl (C=O) groups is 1. The minimum Gasteiger partial charge on any atom is -0.473 e. The topological polar surface area (TPSA) is 120 Å². The summed E-state index contributed by atoms with van der Waals surface area (Å²) in [4.78, 5) is 27.8. The highest BCUT2D eigenvalue weighted by molar-refractivity contribution is 6.06. The van der Waals surface area contributed by atoms with Gasteiger partial charge in [0.15, 0.2) is 5.82 Å². The molecular formula is C28H34N8O3. The fraction of sp³-hybridized carbons (Fsp3) is 0.500. The predicted molar refractivity (Wildman–Crippen MR) is 147 cm³/mol. The van der Waals surface area contributed by atoms with Gasteiger partial charge in [-0.05, 0) is 45.7 Å². The minimum atomic E-state index is -0.502. The summed E-state index contributed by atoms with van der Waals surface area (Å²) in [5.74, 6) is 1.45. The zero-order valence-corrected chi connectivity index (χ0v) is 22.6. The van der Waals surface area contributed by atoms with Gasteiger partial charge in [-0.2, -0.15) is 4.98 Å². The van der Waals surface area contributed by atoms with Gasteiger partial charge in [0.1, 0.15) is 17.4 Å². The number of ether oxygens (including phenoxy) is 2. The number of fused-ring (bicyclic) bond motifs is 3. The van der Waals surface area contributed by atoms with Crippen molar-refractivity contribution in [3.8, 4) is 5.88 Å². The first-order valence-electron chi connectivity index (χ1n) is 13.7. The van der Waals surface area contributed by atoms with Crippen molar-refractivity contribution in [1.82, 2.24) is 34.6 Å². The number of piperidine rings is 1. The zero-order chi connectivity index (χ0) is 27.0. The van der Waals surface area contributed by atoms with Gasteiger partial charge in [0.25, 0.3) is 0 Å². The fourth-order valence-corrected chi connectivity index (χ4v) is 5.48. The van der Waals surface area contributed by atoms with Crippen molar-refractivity contribution >= 4 is 39.8 Å². The number of anilines is 2. The SMILES string of the molecule is CC(C)(C)OC(=O)N1CCC(Oc2ccc(Nc3ncc4c5ccncc5n(C5CCCC5)c4n3)nn2)CC1. The molecule has 1 saturated heterocycles. The van der Waals surface area contributed by atoms with E-state index in [-0.39, 0.29) is 12.2 Å². The first-order valence-corrected chi connectivity index (χ1v) is 13.7. The maximum Gasteiger partial charge on any atom is 0.410 e. The normalized spacial score (nSPS) is 17.2. The number of nitrogens with one attached hydrogen (secondary N) is 1. The molecule has 6 rings (SSSR count). The second-order valence-electron chi connectivity index (χ2n) is 11.3. The summed E-state index contributed by atoms with van der Waals surface area (Å²) in [7, 11) is 0. The number of amides is 1. The number of nitrogens with zero attached hydrogens (tertiary/aromatic N) is 7. The lowest BCUT2D eigenvalue weighted by Gasteiger charge is -2.33. The first-order chi connectivity index (χ1) is 18.8. The van der Waals surface area contributed by atoms with Gasteiger partial charge in [-0.25, -0.2) is 9.78 Å². The molecule has 0 unspecified atom stereocenters. The summed E-state index contributed by atoms with van der Waals surface area (Å²) >= 11 is 0. The van der Waals surface area contributed by atoms with Crippen LogP contribution in [-0.4, -0.2) is 65.5 Å². The molecule has 1 aliphatic carbocycles. The van der Waals surface area contributed by atoms with Crippen molar-refractivity contribution < 1.29 is 14.3 Å². The molecule has 1 N–H and O–H groups in total. The lowest BCUT2D eigenvalue weighted by molar-refractivity contribution is 0.0122. The Balaban J connectivity index is 1.12. The van der Waals surface area contributed by atoms with E-state index in [4.69, 9.17) is 14.5 Å². The molecule has 5 heterocycles. The molecule has 4 aromatic rings. The maximum atomic E-state index is 12.3. The fourth-order valence-electron chi connectivity index (χ4n) is 5.48. The minimum absolute atomic E-state index is 0.0328. The smallest absolute Gasteiger partial charge is 0.410 e. The first kappa shape index (κ1) is 25.3. The predicted octanol–water partition coefficient (Wildman–Crippen LogP) is 5.41. The molecule has 39 heavy (non-hydrogen) atoms. The molecule has 2 fully saturated rings. The molecule has 2 aliphatic rings. The second-order valence-corrected chi connectivity index (χ2v) is 11.3. The quantitative estimate of drug-likeness (QED) is 0.361. The summed E-state index contributed by atoms with van der Waals surface area (Å²) in [5, 5.41) is 13.9. The van der Waals surface area contributed by atoms with Crippen LogP contribution in [0.25, 0.3) is 21.9 Å². The molecular weight excluding hydrogens is 496 g/mol. The maximum absolute atomic E-state index is 12.3. The van der Waals surface area contributed by atoms with Crippen LogP contribution in [0.15, 0.2) is 36.8 Å². The van der Waals surface area contributed by atoms with E-state index >= 15 is 0 Å². The number of carbonyl (C=O) groups excluding carboxylic acids is 1. The Bertz CT molecular complexity index is 1470. The van der Waals surface area contributed by atoms with E-state index in [0.717, 1.165) is 34.8 Å². The third-order valence-corrected chi connectivity index (χ3v) is 7.30. The van der Waals surface area contributed by atoms with Crippen LogP contribution in [0.5, 0.6) is 5.88 Å². The number of pyridine rings is 1. The Morgan fingerprint density at radius 1 is 1.00 bits per heavy atom. The highest BCUT2D eigenvalue weighted by Crippen LogP contribution is 2.37. The number of rotatable bonds is 5. The average molecular weight is 531 g/mol. The van der Waals surface area contributed by atoms with Gasteiger partial charge in [-0.15, -0.1) is 10.2 Å². The summed E-state index contributed by atoms with van der Waals surface area (Å²) < 4.78 is 13.8. The van der Waals surface area contributed by atoms with Gasteiger partial charge in [0.2, 0.25) is 11.8 Å². The Morgan fingerprint density at radius 2 is 1.79 bits per heavy atom. The van der Waals surface area contributed by atoms with Gasteiger partial charge in [-0.1, -0.05) is 12.8 Å². The van der Waals surface area contributed by atoms with E-state index in [9.17, 15) is 4.79 Å². The van der Waals surface area contributed by atoms with Gasteiger partial charge >= 0.3 is 6.09 Å². The number of hydrogen-bond donors (Lipinski definition) is 1. The molecule has 204 valence electrons. The molecule has 11 nitrogen and oxygen atoms in total. The van der Waals surface area contributed by atoms with Crippen LogP contribution in [0, 0.1) is 0 Å². The summed E-state index contributed by atoms with van der Waals surface area (Å²) in [6.45, 7) is 6.78. The molecule has 1 aliphatic heterocycles. The van der Waals surface area contributed by atoms with Gasteiger partial charge in [0, 0.05) is 61.2 Å². The lowest BCUT2D eigenvalue weighted by Crippen LogP contribution is -2.44. The van der Waals surface area contributed by atoms with Crippen LogP contribution >= 0.6 is 0 Å². The average Bonchev–Trinajstić information content (AvgIpc) is 3.55. The van der Waals surface area contributed by atoms with Gasteiger partial charge in [0.05, 0.1) is 11.7 Å². The van der Waals surface area contributed by atoms with Crippen LogP contribution in [-0.2, 0) is 4.74 Å². The van der Waals surface area contributed by atoms with Crippen LogP contribution in [0.1, 0.15) is 65.3 Å².